The van der Waals surface area contributed by atoms with E-state index >= 15 is 0 Å². The summed E-state index contributed by atoms with van der Waals surface area (Å²) >= 11 is 0. The van der Waals surface area contributed by atoms with Crippen molar-refractivity contribution in [2.75, 3.05) is 13.6 Å². The lowest BCUT2D eigenvalue weighted by atomic mass is 10.6. The number of rotatable bonds is 1. The quantitative estimate of drug-likeness (QED) is 0.440. The number of carbonyl (C=O) groups is 1. The van der Waals surface area contributed by atoms with Gasteiger partial charge in [-0.3, -0.25) is 4.90 Å². The summed E-state index contributed by atoms with van der Waals surface area (Å²) < 4.78 is 3.19. The van der Waals surface area contributed by atoms with Gasteiger partial charge in [0, 0.05) is 7.05 Å². The number of hydrogen-bond acceptors (Lipinski definition) is 2. The average molecular weight is 179 g/mol. The van der Waals surface area contributed by atoms with Crippen LogP contribution in [0.2, 0.25) is 0 Å². The molecule has 0 bridgehead atoms. The van der Waals surface area contributed by atoms with Gasteiger partial charge in [-0.15, -0.1) is 0 Å². The summed E-state index contributed by atoms with van der Waals surface area (Å²) in [5, 5.41) is 8.38. The molecular weight excluding hydrogens is 168 g/mol. The molecule has 0 atom stereocenters. The van der Waals surface area contributed by atoms with Gasteiger partial charge >= 0.3 is 6.03 Å². The van der Waals surface area contributed by atoms with Crippen LogP contribution in [0.15, 0.2) is 18.7 Å². The van der Waals surface area contributed by atoms with Crippen molar-refractivity contribution in [3.05, 3.63) is 18.7 Å². The van der Waals surface area contributed by atoms with Crippen LogP contribution in [-0.4, -0.2) is 29.1 Å². The molecule has 0 aliphatic carbocycles. The SMILES string of the molecule is CN(CC#N)C(=O)n1cc[n+](C)c1. The van der Waals surface area contributed by atoms with E-state index in [1.165, 1.54) is 9.47 Å². The minimum absolute atomic E-state index is 0.0979. The molecule has 0 unspecified atom stereocenters. The summed E-state index contributed by atoms with van der Waals surface area (Å²) in [5.74, 6) is 0. The Morgan fingerprint density at radius 2 is 2.46 bits per heavy atom. The average Bonchev–Trinajstić information content (AvgIpc) is 2.51. The van der Waals surface area contributed by atoms with E-state index in [4.69, 9.17) is 5.26 Å². The Hall–Kier alpha value is -1.83. The van der Waals surface area contributed by atoms with Gasteiger partial charge in [0.15, 0.2) is 0 Å². The summed E-state index contributed by atoms with van der Waals surface area (Å²) in [6.45, 7) is 0.0979. The third kappa shape index (κ3) is 2.06. The molecule has 1 amide bonds. The zero-order valence-electron chi connectivity index (χ0n) is 7.64. The molecule has 13 heavy (non-hydrogen) atoms. The third-order valence-electron chi connectivity index (χ3n) is 1.62. The standard InChI is InChI=1S/C8H11N4O/c1-10-5-6-12(7-10)8(13)11(2)4-3-9/h5-7H,4H2,1-2H3/q+1. The van der Waals surface area contributed by atoms with Crippen molar-refractivity contribution in [2.24, 2.45) is 7.05 Å². The van der Waals surface area contributed by atoms with Crippen LogP contribution in [-0.2, 0) is 7.05 Å². The van der Waals surface area contributed by atoms with E-state index in [9.17, 15) is 4.79 Å². The molecule has 1 heterocycles. The maximum absolute atomic E-state index is 11.5. The number of imidazole rings is 1. The first-order valence-electron chi connectivity index (χ1n) is 3.81. The zero-order valence-corrected chi connectivity index (χ0v) is 7.64. The molecular formula is C8H11N4O+. The van der Waals surface area contributed by atoms with E-state index in [2.05, 4.69) is 0 Å². The van der Waals surface area contributed by atoms with Crippen LogP contribution >= 0.6 is 0 Å². The Kier molecular flexibility index (Phi) is 2.65. The number of nitriles is 1. The molecule has 68 valence electrons. The minimum Gasteiger partial charge on any atom is -0.294 e. The van der Waals surface area contributed by atoms with E-state index in [-0.39, 0.29) is 12.6 Å². The lowest BCUT2D eigenvalue weighted by Crippen LogP contribution is -2.32. The van der Waals surface area contributed by atoms with Crippen molar-refractivity contribution in [2.45, 2.75) is 0 Å². The predicted octanol–water partition coefficient (Wildman–Crippen LogP) is -0.264. The smallest absolute Gasteiger partial charge is 0.294 e. The van der Waals surface area contributed by atoms with Crippen LogP contribution in [0.3, 0.4) is 0 Å². The highest BCUT2D eigenvalue weighted by molar-refractivity contribution is 5.76. The second-order valence-corrected chi connectivity index (χ2v) is 2.78. The third-order valence-corrected chi connectivity index (χ3v) is 1.62. The van der Waals surface area contributed by atoms with Crippen molar-refractivity contribution in [3.63, 3.8) is 0 Å². The maximum Gasteiger partial charge on any atom is 0.416 e. The molecule has 5 nitrogen and oxygen atoms in total. The van der Waals surface area contributed by atoms with Gasteiger partial charge in [-0.1, -0.05) is 0 Å². The summed E-state index contributed by atoms with van der Waals surface area (Å²) in [7, 11) is 3.42. The minimum atomic E-state index is -0.206. The van der Waals surface area contributed by atoms with Crippen LogP contribution < -0.4 is 4.57 Å². The summed E-state index contributed by atoms with van der Waals surface area (Å²) in [6, 6.07) is 1.70. The molecule has 0 saturated carbocycles. The van der Waals surface area contributed by atoms with Crippen molar-refractivity contribution >= 4 is 6.03 Å². The topological polar surface area (TPSA) is 52.9 Å². The van der Waals surface area contributed by atoms with Crippen molar-refractivity contribution < 1.29 is 9.36 Å². The van der Waals surface area contributed by atoms with E-state index in [1.54, 1.807) is 30.3 Å². The van der Waals surface area contributed by atoms with Gasteiger partial charge in [0.05, 0.1) is 13.1 Å². The Bertz CT molecular complexity index is 349. The highest BCUT2D eigenvalue weighted by Crippen LogP contribution is 1.90. The molecule has 1 rings (SSSR count). The monoisotopic (exact) mass is 179 g/mol. The van der Waals surface area contributed by atoms with E-state index in [1.807, 2.05) is 13.1 Å². The molecule has 0 saturated heterocycles. The summed E-state index contributed by atoms with van der Waals surface area (Å²) in [4.78, 5) is 12.8. The molecule has 0 aliphatic heterocycles. The molecule has 1 aromatic rings. The van der Waals surface area contributed by atoms with Crippen LogP contribution in [0.4, 0.5) is 4.79 Å². The lowest BCUT2D eigenvalue weighted by Gasteiger charge is -2.07. The first kappa shape index (κ1) is 9.26. The maximum atomic E-state index is 11.5. The highest BCUT2D eigenvalue weighted by Gasteiger charge is 2.15. The van der Waals surface area contributed by atoms with Crippen LogP contribution in [0, 0.1) is 11.3 Å². The Morgan fingerprint density at radius 1 is 1.77 bits per heavy atom. The van der Waals surface area contributed by atoms with Gasteiger partial charge in [0.2, 0.25) is 0 Å². The van der Waals surface area contributed by atoms with Gasteiger partial charge in [0.1, 0.15) is 18.9 Å². The molecule has 0 spiro atoms. The molecule has 1 aromatic heterocycles. The molecule has 0 aliphatic rings. The molecule has 0 fully saturated rings. The fraction of sp³-hybridized carbons (Fsp3) is 0.375. The number of amides is 1. The zero-order chi connectivity index (χ0) is 9.84. The molecule has 0 aromatic carbocycles. The first-order chi connectivity index (χ1) is 6.15. The Morgan fingerprint density at radius 3 is 2.92 bits per heavy atom. The van der Waals surface area contributed by atoms with Gasteiger partial charge in [0.25, 0.3) is 6.33 Å². The number of aromatic nitrogens is 2. The van der Waals surface area contributed by atoms with Gasteiger partial charge < -0.3 is 0 Å². The Labute approximate surface area is 76.4 Å². The largest absolute Gasteiger partial charge is 0.416 e. The lowest BCUT2D eigenvalue weighted by molar-refractivity contribution is -0.670. The van der Waals surface area contributed by atoms with E-state index in [0.29, 0.717) is 0 Å². The number of nitrogens with zero attached hydrogens (tertiary/aromatic N) is 4. The number of carbonyl (C=O) groups excluding carboxylic acids is 1. The molecule has 5 heteroatoms. The highest BCUT2D eigenvalue weighted by atomic mass is 16.2. The molecule has 0 N–H and O–H groups in total. The predicted molar refractivity (Wildman–Crippen MR) is 44.6 cm³/mol. The second-order valence-electron chi connectivity index (χ2n) is 2.78. The fourth-order valence-electron chi connectivity index (χ4n) is 0.934. The number of aryl methyl sites for hydroxylation is 1. The van der Waals surface area contributed by atoms with Crippen molar-refractivity contribution in [1.82, 2.24) is 9.47 Å². The van der Waals surface area contributed by atoms with E-state index in [0.717, 1.165) is 0 Å². The van der Waals surface area contributed by atoms with Crippen LogP contribution in [0.1, 0.15) is 0 Å². The van der Waals surface area contributed by atoms with Crippen LogP contribution in [0.25, 0.3) is 0 Å². The number of hydrogen-bond donors (Lipinski definition) is 0. The summed E-state index contributed by atoms with van der Waals surface area (Å²) in [5.41, 5.74) is 0. The van der Waals surface area contributed by atoms with Crippen LogP contribution in [0.5, 0.6) is 0 Å². The summed E-state index contributed by atoms with van der Waals surface area (Å²) in [6.07, 6.45) is 5.06. The van der Waals surface area contributed by atoms with E-state index < -0.39 is 0 Å². The molecule has 0 radical (unpaired) electrons. The normalized spacial score (nSPS) is 9.31. The second kappa shape index (κ2) is 3.72. The van der Waals surface area contributed by atoms with Crippen molar-refractivity contribution in [1.29, 1.82) is 5.26 Å². The van der Waals surface area contributed by atoms with Gasteiger partial charge in [-0.2, -0.15) is 9.83 Å². The van der Waals surface area contributed by atoms with Gasteiger partial charge in [-0.05, 0) is 0 Å². The first-order valence-corrected chi connectivity index (χ1v) is 3.81. The van der Waals surface area contributed by atoms with Crippen molar-refractivity contribution in [3.8, 4) is 6.07 Å². The van der Waals surface area contributed by atoms with Gasteiger partial charge in [-0.25, -0.2) is 9.36 Å². The fourth-order valence-corrected chi connectivity index (χ4v) is 0.934. The Balaban J connectivity index is 2.74.